The van der Waals surface area contributed by atoms with Gasteiger partial charge in [0.1, 0.15) is 0 Å². The zero-order valence-electron chi connectivity index (χ0n) is 51.4. The lowest BCUT2D eigenvalue weighted by Crippen LogP contribution is -1.96. The topological polar surface area (TPSA) is 19.7 Å². The van der Waals surface area contributed by atoms with E-state index in [1.807, 2.05) is 0 Å². The van der Waals surface area contributed by atoms with Gasteiger partial charge in [0, 0.05) is 65.8 Å². The molecule has 94 heavy (non-hydrogen) atoms. The van der Waals surface area contributed by atoms with Crippen molar-refractivity contribution in [1.29, 1.82) is 0 Å². The van der Waals surface area contributed by atoms with Crippen LogP contribution in [0.3, 0.4) is 0 Å². The van der Waals surface area contributed by atoms with Gasteiger partial charge in [-0.05, 0) is 159 Å². The molecule has 15 aromatic carbocycles. The summed E-state index contributed by atoms with van der Waals surface area (Å²) in [5.74, 6) is 0. The summed E-state index contributed by atoms with van der Waals surface area (Å²) in [6.07, 6.45) is 0. The van der Waals surface area contributed by atoms with Crippen LogP contribution in [0.1, 0.15) is 0 Å². The fourth-order valence-electron chi connectivity index (χ4n) is 14.8. The molecule has 0 saturated carbocycles. The molecule has 0 spiro atoms. The fraction of sp³-hybridized carbons (Fsp3) is 0. The van der Waals surface area contributed by atoms with Crippen LogP contribution in [0.25, 0.3) is 166 Å². The van der Waals surface area contributed by atoms with E-state index in [0.29, 0.717) is 0 Å². The second kappa shape index (κ2) is 22.8. The molecule has 0 amide bonds. The van der Waals surface area contributed by atoms with Crippen molar-refractivity contribution < 1.29 is 0 Å². The molecular weight excluding hydrogens is 1140 g/mol. The summed E-state index contributed by atoms with van der Waals surface area (Å²) in [5.41, 5.74) is 26.4. The molecule has 4 heterocycles. The van der Waals surface area contributed by atoms with Crippen LogP contribution >= 0.6 is 0 Å². The number of hydrogen-bond donors (Lipinski definition) is 0. The summed E-state index contributed by atoms with van der Waals surface area (Å²) < 4.78 is 9.73. The third-order valence-electron chi connectivity index (χ3n) is 19.0. The highest BCUT2D eigenvalue weighted by atomic mass is 15.0. The molecule has 0 aliphatic rings. The number of rotatable bonds is 9. The van der Waals surface area contributed by atoms with Crippen molar-refractivity contribution in [2.24, 2.45) is 0 Å². The van der Waals surface area contributed by atoms with Crippen LogP contribution in [-0.4, -0.2) is 18.3 Å². The van der Waals surface area contributed by atoms with Gasteiger partial charge >= 0.3 is 0 Å². The average molecular weight is 1200 g/mol. The molecular formula is C90H60N4. The molecule has 19 rings (SSSR count). The predicted molar refractivity (Wildman–Crippen MR) is 397 cm³/mol. The predicted octanol–water partition coefficient (Wildman–Crippen LogP) is 24.1. The Morgan fingerprint density at radius 2 is 0.372 bits per heavy atom. The minimum Gasteiger partial charge on any atom is -0.309 e. The molecule has 0 aliphatic heterocycles. The first-order chi connectivity index (χ1) is 46.7. The van der Waals surface area contributed by atoms with E-state index < -0.39 is 0 Å². The standard InChI is InChI=1S/C48H32N2.C42H28N2/c1-4-14-33(15-5-1)36-24-26-39(27-25-36)49-43-22-12-10-20-41(43)47-45(49)28-29-46-48(47)42-21-11-13-23-44(42)50(46)40-31-37(34-16-6-2-7-17-34)30-38(32-40)35-18-8-3-9-19-35;1-3-12-29(13-4-1)31-22-24-33(25-23-31)43-37-20-9-7-18-35(37)41-39(43)26-27-40-42(41)36-19-8-10-21-38(36)44(40)34-17-11-16-32(28-34)30-14-5-2-6-15-30/h1-32H;1-28H. The van der Waals surface area contributed by atoms with Gasteiger partial charge < -0.3 is 18.3 Å². The first kappa shape index (κ1) is 54.4. The lowest BCUT2D eigenvalue weighted by atomic mass is 9.98. The zero-order chi connectivity index (χ0) is 62.1. The largest absolute Gasteiger partial charge is 0.309 e. The van der Waals surface area contributed by atoms with Crippen molar-refractivity contribution in [3.8, 4) is 78.4 Å². The molecule has 0 atom stereocenters. The molecule has 440 valence electrons. The number of fused-ring (bicyclic) bond motifs is 14. The lowest BCUT2D eigenvalue weighted by molar-refractivity contribution is 1.17. The summed E-state index contributed by atoms with van der Waals surface area (Å²) in [6, 6.07) is 132. The van der Waals surface area contributed by atoms with Gasteiger partial charge in [-0.25, -0.2) is 0 Å². The van der Waals surface area contributed by atoms with Crippen molar-refractivity contribution in [3.05, 3.63) is 364 Å². The van der Waals surface area contributed by atoms with E-state index in [0.717, 1.165) is 22.7 Å². The number of nitrogens with zero attached hydrogens (tertiary/aromatic N) is 4. The maximum absolute atomic E-state index is 2.46. The van der Waals surface area contributed by atoms with E-state index in [1.165, 1.54) is 143 Å². The summed E-state index contributed by atoms with van der Waals surface area (Å²) in [7, 11) is 0. The second-order valence-corrected chi connectivity index (χ2v) is 24.4. The Kier molecular flexibility index (Phi) is 13.2. The first-order valence-electron chi connectivity index (χ1n) is 32.3. The van der Waals surface area contributed by atoms with Crippen LogP contribution in [0.15, 0.2) is 364 Å². The maximum atomic E-state index is 2.46. The highest BCUT2D eigenvalue weighted by Gasteiger charge is 2.24. The van der Waals surface area contributed by atoms with Crippen molar-refractivity contribution in [3.63, 3.8) is 0 Å². The van der Waals surface area contributed by atoms with E-state index in [4.69, 9.17) is 0 Å². The molecule has 0 aliphatic carbocycles. The number of para-hydroxylation sites is 4. The van der Waals surface area contributed by atoms with Gasteiger partial charge in [-0.2, -0.15) is 0 Å². The number of benzene rings is 15. The van der Waals surface area contributed by atoms with Gasteiger partial charge in [0.05, 0.1) is 44.1 Å². The second-order valence-electron chi connectivity index (χ2n) is 24.4. The zero-order valence-corrected chi connectivity index (χ0v) is 51.4. The summed E-state index contributed by atoms with van der Waals surface area (Å²) in [6.45, 7) is 0. The highest BCUT2D eigenvalue weighted by Crippen LogP contribution is 2.46. The Balaban J connectivity index is 0.000000139. The molecule has 4 aromatic heterocycles. The summed E-state index contributed by atoms with van der Waals surface area (Å²) in [5, 5.41) is 10.2. The molecule has 0 N–H and O–H groups in total. The SMILES string of the molecule is c1ccc(-c2ccc(-n3c4ccccc4c4c5c6ccccc6n(-c6cc(-c7ccccc7)cc(-c7ccccc7)c6)c5ccc43)cc2)cc1.c1ccc(-c2ccc(-n3c4ccccc4c4c5c6ccccc6n(-c6cccc(-c7ccccc7)c6)c5ccc43)cc2)cc1. The van der Waals surface area contributed by atoms with E-state index in [-0.39, 0.29) is 0 Å². The smallest absolute Gasteiger partial charge is 0.0548 e. The first-order valence-corrected chi connectivity index (χ1v) is 32.3. The van der Waals surface area contributed by atoms with E-state index >= 15 is 0 Å². The summed E-state index contributed by atoms with van der Waals surface area (Å²) >= 11 is 0. The van der Waals surface area contributed by atoms with Crippen molar-refractivity contribution >= 4 is 87.2 Å². The fourth-order valence-corrected chi connectivity index (χ4v) is 14.8. The third kappa shape index (κ3) is 9.14. The molecule has 4 heteroatoms. The highest BCUT2D eigenvalue weighted by molar-refractivity contribution is 6.30. The quantitative estimate of drug-likeness (QED) is 0.137. The molecule has 4 nitrogen and oxygen atoms in total. The maximum Gasteiger partial charge on any atom is 0.0548 e. The minimum atomic E-state index is 1.15. The third-order valence-corrected chi connectivity index (χ3v) is 19.0. The van der Waals surface area contributed by atoms with Gasteiger partial charge in [0.15, 0.2) is 0 Å². The summed E-state index contributed by atoms with van der Waals surface area (Å²) in [4.78, 5) is 0. The molecule has 0 saturated heterocycles. The van der Waals surface area contributed by atoms with Crippen molar-refractivity contribution in [2.45, 2.75) is 0 Å². The number of hydrogen-bond acceptors (Lipinski definition) is 0. The van der Waals surface area contributed by atoms with Crippen molar-refractivity contribution in [2.75, 3.05) is 0 Å². The molecule has 0 fully saturated rings. The van der Waals surface area contributed by atoms with Crippen LogP contribution in [0.5, 0.6) is 0 Å². The molecule has 19 aromatic rings. The van der Waals surface area contributed by atoms with Crippen LogP contribution in [0, 0.1) is 0 Å². The monoisotopic (exact) mass is 1200 g/mol. The van der Waals surface area contributed by atoms with Gasteiger partial charge in [-0.15, -0.1) is 0 Å². The van der Waals surface area contributed by atoms with Gasteiger partial charge in [-0.3, -0.25) is 0 Å². The Morgan fingerprint density at radius 3 is 0.713 bits per heavy atom. The van der Waals surface area contributed by atoms with Crippen LogP contribution < -0.4 is 0 Å². The Bertz CT molecular complexity index is 5980. The molecule has 0 bridgehead atoms. The normalized spacial score (nSPS) is 11.6. The average Bonchev–Trinajstić information content (AvgIpc) is 1.56. The number of aromatic nitrogens is 4. The molecule has 0 unspecified atom stereocenters. The lowest BCUT2D eigenvalue weighted by Gasteiger charge is -2.14. The van der Waals surface area contributed by atoms with E-state index in [2.05, 4.69) is 382 Å². The molecule has 0 radical (unpaired) electrons. The van der Waals surface area contributed by atoms with E-state index in [9.17, 15) is 0 Å². The van der Waals surface area contributed by atoms with Crippen molar-refractivity contribution in [1.82, 2.24) is 18.3 Å². The van der Waals surface area contributed by atoms with Gasteiger partial charge in [0.25, 0.3) is 0 Å². The van der Waals surface area contributed by atoms with Gasteiger partial charge in [0.2, 0.25) is 0 Å². The minimum absolute atomic E-state index is 1.15. The van der Waals surface area contributed by atoms with Crippen LogP contribution in [0.4, 0.5) is 0 Å². The Morgan fingerprint density at radius 1 is 0.128 bits per heavy atom. The van der Waals surface area contributed by atoms with Gasteiger partial charge in [-0.1, -0.05) is 261 Å². The van der Waals surface area contributed by atoms with Crippen LogP contribution in [0.2, 0.25) is 0 Å². The Labute approximate surface area is 544 Å². The van der Waals surface area contributed by atoms with Crippen LogP contribution in [-0.2, 0) is 0 Å². The van der Waals surface area contributed by atoms with E-state index in [1.54, 1.807) is 0 Å². The Hall–Kier alpha value is -12.5.